The first-order chi connectivity index (χ1) is 11.7. The summed E-state index contributed by atoms with van der Waals surface area (Å²) in [5.74, 6) is -1.07. The van der Waals surface area contributed by atoms with Gasteiger partial charge in [-0.3, -0.25) is 4.79 Å². The van der Waals surface area contributed by atoms with Crippen molar-refractivity contribution >= 4 is 11.9 Å². The van der Waals surface area contributed by atoms with Crippen LogP contribution in [0.5, 0.6) is 0 Å². The molecule has 0 saturated carbocycles. The molecule has 0 N–H and O–H groups in total. The second-order valence-corrected chi connectivity index (χ2v) is 6.11. The number of piperidine rings is 1. The minimum absolute atomic E-state index is 0. The number of halogens is 1. The van der Waals surface area contributed by atoms with Gasteiger partial charge >= 0.3 is 13.4 Å². The van der Waals surface area contributed by atoms with Gasteiger partial charge in [0.15, 0.2) is 0 Å². The van der Waals surface area contributed by atoms with Crippen molar-refractivity contribution in [1.82, 2.24) is 4.90 Å². The topological polar surface area (TPSA) is 55.8 Å². The Morgan fingerprint density at radius 1 is 1.24 bits per heavy atom. The standard InChI is InChI=1S/C19H27NO4.ClH/c1-3-5-12-20-13-11-17(16(14-20)19(22)23-4-2)24-18(21)15-9-7-6-8-10-15;/h6-10,16-17H,3-5,11-14H2,1-2H3;1H. The number of unbranched alkanes of at least 4 members (excludes halogenated alkanes) is 1. The lowest BCUT2D eigenvalue weighted by Gasteiger charge is -2.36. The first-order valence-corrected chi connectivity index (χ1v) is 8.80. The second kappa shape index (κ2) is 11.1. The molecule has 140 valence electrons. The second-order valence-electron chi connectivity index (χ2n) is 6.11. The van der Waals surface area contributed by atoms with Crippen LogP contribution in [0.4, 0.5) is 0 Å². The summed E-state index contributed by atoms with van der Waals surface area (Å²) < 4.78 is 10.8. The van der Waals surface area contributed by atoms with Crippen molar-refractivity contribution in [2.75, 3.05) is 26.2 Å². The zero-order valence-corrected chi connectivity index (χ0v) is 15.7. The van der Waals surface area contributed by atoms with Crippen molar-refractivity contribution in [3.05, 3.63) is 35.9 Å². The van der Waals surface area contributed by atoms with E-state index in [1.165, 1.54) is 0 Å². The first kappa shape index (κ1) is 21.5. The molecule has 25 heavy (non-hydrogen) atoms. The van der Waals surface area contributed by atoms with E-state index < -0.39 is 12.0 Å². The van der Waals surface area contributed by atoms with E-state index in [4.69, 9.17) is 9.47 Å². The van der Waals surface area contributed by atoms with Gasteiger partial charge in [0.25, 0.3) is 0 Å². The van der Waals surface area contributed by atoms with E-state index in [0.717, 1.165) is 25.9 Å². The van der Waals surface area contributed by atoms with Gasteiger partial charge in [-0.2, -0.15) is 0 Å². The molecule has 1 saturated heterocycles. The van der Waals surface area contributed by atoms with E-state index in [2.05, 4.69) is 11.8 Å². The van der Waals surface area contributed by atoms with Crippen LogP contribution in [0.2, 0.25) is 0 Å². The lowest BCUT2D eigenvalue weighted by molar-refractivity contribution is -0.155. The van der Waals surface area contributed by atoms with Gasteiger partial charge in [-0.1, -0.05) is 31.5 Å². The van der Waals surface area contributed by atoms with E-state index in [1.807, 2.05) is 6.07 Å². The maximum absolute atomic E-state index is 12.3. The van der Waals surface area contributed by atoms with Crippen molar-refractivity contribution in [2.45, 2.75) is 39.2 Å². The third kappa shape index (κ3) is 6.33. The molecular weight excluding hydrogens is 342 g/mol. The molecule has 6 heteroatoms. The fourth-order valence-corrected chi connectivity index (χ4v) is 2.98. The third-order valence-corrected chi connectivity index (χ3v) is 4.32. The summed E-state index contributed by atoms with van der Waals surface area (Å²) in [6.07, 6.45) is 2.46. The van der Waals surface area contributed by atoms with Crippen molar-refractivity contribution in [1.29, 1.82) is 0 Å². The normalized spacial score (nSPS) is 20.4. The number of ether oxygens (including phenoxy) is 2. The Balaban J connectivity index is 0.00000312. The zero-order chi connectivity index (χ0) is 17.4. The van der Waals surface area contributed by atoms with Gasteiger partial charge in [0.1, 0.15) is 12.0 Å². The van der Waals surface area contributed by atoms with Gasteiger partial charge in [-0.15, -0.1) is 0 Å². The van der Waals surface area contributed by atoms with Gasteiger partial charge in [0.05, 0.1) is 12.2 Å². The molecule has 1 aliphatic heterocycles. The molecular formula is C19H28ClNO4. The van der Waals surface area contributed by atoms with Crippen LogP contribution in [-0.2, 0) is 14.3 Å². The Hall–Kier alpha value is -1.59. The monoisotopic (exact) mass is 369 g/mol. The van der Waals surface area contributed by atoms with Crippen molar-refractivity contribution in [3.8, 4) is 0 Å². The van der Waals surface area contributed by atoms with Crippen molar-refractivity contribution in [3.63, 3.8) is 0 Å². The number of carbonyl (C=O) groups excluding carboxylic acids is 2. The van der Waals surface area contributed by atoms with Crippen LogP contribution >= 0.6 is 0 Å². The molecule has 2 atom stereocenters. The summed E-state index contributed by atoms with van der Waals surface area (Å²) in [5, 5.41) is 0. The summed E-state index contributed by atoms with van der Waals surface area (Å²) in [4.78, 5) is 26.9. The van der Waals surface area contributed by atoms with Gasteiger partial charge < -0.3 is 26.8 Å². The molecule has 0 spiro atoms. The molecule has 0 bridgehead atoms. The third-order valence-electron chi connectivity index (χ3n) is 4.32. The molecule has 2 unspecified atom stereocenters. The van der Waals surface area contributed by atoms with E-state index in [0.29, 0.717) is 25.1 Å². The summed E-state index contributed by atoms with van der Waals surface area (Å²) in [7, 11) is 0. The largest absolute Gasteiger partial charge is 1.00 e. The maximum Gasteiger partial charge on any atom is 1.00 e. The quantitative estimate of drug-likeness (QED) is 0.634. The van der Waals surface area contributed by atoms with Crippen LogP contribution in [0, 0.1) is 5.92 Å². The number of carbonyl (C=O) groups is 2. The van der Waals surface area contributed by atoms with Crippen LogP contribution in [0.15, 0.2) is 30.3 Å². The van der Waals surface area contributed by atoms with Crippen LogP contribution in [0.1, 0.15) is 44.9 Å². The number of benzene rings is 1. The SMILES string of the molecule is CCCCN1CCC(OC(=O)c2ccccc2)C(C(=O)OCC)C1.[Cl-].[H+]. The molecule has 5 nitrogen and oxygen atoms in total. The van der Waals surface area contributed by atoms with Crippen LogP contribution in [0.25, 0.3) is 0 Å². The highest BCUT2D eigenvalue weighted by Crippen LogP contribution is 2.23. The molecule has 1 aliphatic rings. The maximum atomic E-state index is 12.3. The zero-order valence-electron chi connectivity index (χ0n) is 15.9. The summed E-state index contributed by atoms with van der Waals surface area (Å²) in [5.41, 5.74) is 0.508. The number of esters is 2. The Bertz CT molecular complexity index is 544. The summed E-state index contributed by atoms with van der Waals surface area (Å²) in [6.45, 7) is 6.67. The predicted molar refractivity (Wildman–Crippen MR) is 92.8 cm³/mol. The molecule has 1 aromatic carbocycles. The minimum atomic E-state index is -0.422. The molecule has 1 fully saturated rings. The average molecular weight is 370 g/mol. The number of likely N-dealkylation sites (tertiary alicyclic amines) is 1. The molecule has 0 amide bonds. The average Bonchev–Trinajstić information content (AvgIpc) is 2.61. The lowest BCUT2D eigenvalue weighted by Crippen LogP contribution is -3.00. The first-order valence-electron chi connectivity index (χ1n) is 8.80. The highest BCUT2D eigenvalue weighted by atomic mass is 35.5. The molecule has 1 heterocycles. The van der Waals surface area contributed by atoms with E-state index in [1.54, 1.807) is 31.2 Å². The summed E-state index contributed by atoms with van der Waals surface area (Å²) >= 11 is 0. The van der Waals surface area contributed by atoms with Crippen molar-refractivity contribution < 1.29 is 32.9 Å². The Morgan fingerprint density at radius 2 is 1.96 bits per heavy atom. The van der Waals surface area contributed by atoms with E-state index in [-0.39, 0.29) is 25.8 Å². The van der Waals surface area contributed by atoms with E-state index >= 15 is 0 Å². The molecule has 1 aromatic rings. The van der Waals surface area contributed by atoms with Gasteiger partial charge in [0, 0.05) is 13.1 Å². The van der Waals surface area contributed by atoms with Gasteiger partial charge in [-0.25, -0.2) is 4.79 Å². The smallest absolute Gasteiger partial charge is 1.00 e. The number of nitrogens with zero attached hydrogens (tertiary/aromatic N) is 1. The molecule has 2 rings (SSSR count). The van der Waals surface area contributed by atoms with Crippen molar-refractivity contribution in [2.24, 2.45) is 5.92 Å². The Labute approximate surface area is 157 Å². The molecule has 0 aliphatic carbocycles. The fourth-order valence-electron chi connectivity index (χ4n) is 2.98. The molecule has 0 aromatic heterocycles. The summed E-state index contributed by atoms with van der Waals surface area (Å²) in [6, 6.07) is 8.89. The van der Waals surface area contributed by atoms with Crippen LogP contribution in [0.3, 0.4) is 0 Å². The number of hydrogen-bond acceptors (Lipinski definition) is 5. The highest BCUT2D eigenvalue weighted by Gasteiger charge is 2.37. The van der Waals surface area contributed by atoms with Crippen LogP contribution in [-0.4, -0.2) is 49.2 Å². The Morgan fingerprint density at radius 3 is 2.60 bits per heavy atom. The van der Waals surface area contributed by atoms with Crippen LogP contribution < -0.4 is 12.4 Å². The molecule has 0 radical (unpaired) electrons. The predicted octanol–water partition coefficient (Wildman–Crippen LogP) is 0.0136. The fraction of sp³-hybridized carbons (Fsp3) is 0.579. The number of hydrogen-bond donors (Lipinski definition) is 0. The Kier molecular flexibility index (Phi) is 9.53. The van der Waals surface area contributed by atoms with E-state index in [9.17, 15) is 9.59 Å². The van der Waals surface area contributed by atoms with Gasteiger partial charge in [-0.05, 0) is 38.4 Å². The minimum Gasteiger partial charge on any atom is -1.00 e. The highest BCUT2D eigenvalue weighted by molar-refractivity contribution is 5.89. The lowest BCUT2D eigenvalue weighted by atomic mass is 9.94. The van der Waals surface area contributed by atoms with Gasteiger partial charge in [0.2, 0.25) is 0 Å². The number of rotatable bonds is 7.